The molecule has 0 aliphatic rings. The summed E-state index contributed by atoms with van der Waals surface area (Å²) in [6.07, 6.45) is 0. The second kappa shape index (κ2) is 11.9. The van der Waals surface area contributed by atoms with Crippen molar-refractivity contribution in [1.29, 1.82) is 0 Å². The summed E-state index contributed by atoms with van der Waals surface area (Å²) in [5, 5.41) is 17.0. The average Bonchev–Trinajstić information content (AvgIpc) is 3.84. The van der Waals surface area contributed by atoms with Gasteiger partial charge in [-0.15, -0.1) is 0 Å². The van der Waals surface area contributed by atoms with Crippen LogP contribution in [-0.2, 0) is 0 Å². The largest absolute Gasteiger partial charge is 0.456 e. The van der Waals surface area contributed by atoms with Gasteiger partial charge in [0, 0.05) is 21.5 Å². The maximum absolute atomic E-state index is 6.55. The van der Waals surface area contributed by atoms with Crippen molar-refractivity contribution in [3.63, 3.8) is 0 Å². The maximum atomic E-state index is 6.55. The van der Waals surface area contributed by atoms with Crippen LogP contribution in [0.4, 0.5) is 0 Å². The van der Waals surface area contributed by atoms with Crippen molar-refractivity contribution >= 4 is 97.7 Å². The van der Waals surface area contributed by atoms with E-state index in [4.69, 9.17) is 8.83 Å². The van der Waals surface area contributed by atoms with Crippen LogP contribution < -0.4 is 0 Å². The van der Waals surface area contributed by atoms with Gasteiger partial charge in [-0.1, -0.05) is 140 Å². The zero-order valence-electron chi connectivity index (χ0n) is 31.3. The third-order valence-electron chi connectivity index (χ3n) is 12.4. The normalized spacial score (nSPS) is 12.1. The topological polar surface area (TPSA) is 26.3 Å². The van der Waals surface area contributed by atoms with Gasteiger partial charge in [0.2, 0.25) is 0 Å². The first kappa shape index (κ1) is 31.5. The first-order valence-electron chi connectivity index (χ1n) is 19.9. The van der Waals surface area contributed by atoms with E-state index < -0.39 is 0 Å². The van der Waals surface area contributed by atoms with Crippen LogP contribution in [0.5, 0.6) is 0 Å². The Kier molecular flexibility index (Phi) is 6.47. The van der Waals surface area contributed by atoms with Gasteiger partial charge >= 0.3 is 0 Å². The summed E-state index contributed by atoms with van der Waals surface area (Å²) in [5.74, 6) is 0. The number of hydrogen-bond donors (Lipinski definition) is 0. The molecule has 0 fully saturated rings. The standard InChI is InChI=1S/C56H32O2/c1-2-13-39-37(10-1)29-47(44-18-7-3-14-40(39)44)38-22-25-54-50(30-38)52-32-55-51(31-56(52)58-54)49-28-36(21-24-53(49)57-55)34-12-9-11-33(26-34)35-20-23-46-43-17-5-4-15-41(43)42-16-6-8-19-45(42)48(46)27-35/h1-32H. The van der Waals surface area contributed by atoms with Crippen LogP contribution in [0.25, 0.3) is 131 Å². The van der Waals surface area contributed by atoms with Crippen molar-refractivity contribution in [2.24, 2.45) is 0 Å². The van der Waals surface area contributed by atoms with Crippen LogP contribution in [-0.4, -0.2) is 0 Å². The van der Waals surface area contributed by atoms with Crippen LogP contribution in [0.2, 0.25) is 0 Å². The van der Waals surface area contributed by atoms with Gasteiger partial charge in [0.25, 0.3) is 0 Å². The molecule has 58 heavy (non-hydrogen) atoms. The minimum atomic E-state index is 0.855. The molecule has 0 N–H and O–H groups in total. The fraction of sp³-hybridized carbons (Fsp3) is 0. The van der Waals surface area contributed by atoms with Crippen LogP contribution in [0.1, 0.15) is 0 Å². The van der Waals surface area contributed by atoms with Gasteiger partial charge < -0.3 is 8.83 Å². The molecule has 0 saturated heterocycles. The summed E-state index contributed by atoms with van der Waals surface area (Å²) in [4.78, 5) is 0. The van der Waals surface area contributed by atoms with Crippen LogP contribution in [0.3, 0.4) is 0 Å². The van der Waals surface area contributed by atoms with E-state index in [0.717, 1.165) is 55.0 Å². The van der Waals surface area contributed by atoms with Crippen molar-refractivity contribution in [3.05, 3.63) is 194 Å². The summed E-state index contributed by atoms with van der Waals surface area (Å²) >= 11 is 0. The lowest BCUT2D eigenvalue weighted by molar-refractivity contribution is 0.664. The molecular formula is C56H32O2. The van der Waals surface area contributed by atoms with E-state index in [2.05, 4.69) is 194 Å². The molecule has 0 amide bonds. The van der Waals surface area contributed by atoms with E-state index in [1.54, 1.807) is 0 Å². The van der Waals surface area contributed by atoms with Crippen LogP contribution in [0, 0.1) is 0 Å². The Labute approximate surface area is 332 Å². The molecule has 2 heterocycles. The van der Waals surface area contributed by atoms with Gasteiger partial charge in [0.05, 0.1) is 0 Å². The molecule has 2 heteroatoms. The van der Waals surface area contributed by atoms with Gasteiger partial charge in [-0.25, -0.2) is 0 Å². The van der Waals surface area contributed by atoms with E-state index in [-0.39, 0.29) is 0 Å². The molecule has 13 rings (SSSR count). The van der Waals surface area contributed by atoms with Crippen molar-refractivity contribution < 1.29 is 8.83 Å². The first-order chi connectivity index (χ1) is 28.7. The quantitative estimate of drug-likeness (QED) is 0.169. The smallest absolute Gasteiger partial charge is 0.136 e. The van der Waals surface area contributed by atoms with Gasteiger partial charge in [-0.3, -0.25) is 0 Å². The lowest BCUT2D eigenvalue weighted by Gasteiger charge is -2.12. The summed E-state index contributed by atoms with van der Waals surface area (Å²) < 4.78 is 13.1. The van der Waals surface area contributed by atoms with Gasteiger partial charge in [0.1, 0.15) is 22.3 Å². The molecule has 0 bridgehead atoms. The maximum Gasteiger partial charge on any atom is 0.136 e. The fourth-order valence-corrected chi connectivity index (χ4v) is 9.65. The van der Waals surface area contributed by atoms with Crippen molar-refractivity contribution in [3.8, 4) is 33.4 Å². The van der Waals surface area contributed by atoms with Crippen LogP contribution in [0.15, 0.2) is 203 Å². The summed E-state index contributed by atoms with van der Waals surface area (Å²) in [5.41, 5.74) is 10.5. The second-order valence-corrected chi connectivity index (χ2v) is 15.6. The third-order valence-corrected chi connectivity index (χ3v) is 12.4. The molecule has 0 aliphatic carbocycles. The Morgan fingerprint density at radius 3 is 1.24 bits per heavy atom. The number of benzene rings is 11. The summed E-state index contributed by atoms with van der Waals surface area (Å²) in [6.45, 7) is 0. The number of hydrogen-bond acceptors (Lipinski definition) is 2. The predicted molar refractivity (Wildman–Crippen MR) is 245 cm³/mol. The Morgan fingerprint density at radius 1 is 0.207 bits per heavy atom. The average molecular weight is 737 g/mol. The highest BCUT2D eigenvalue weighted by Crippen LogP contribution is 2.42. The molecule has 0 spiro atoms. The van der Waals surface area contributed by atoms with Crippen molar-refractivity contribution in [1.82, 2.24) is 0 Å². The van der Waals surface area contributed by atoms with E-state index in [1.165, 1.54) is 76.1 Å². The zero-order chi connectivity index (χ0) is 37.9. The Balaban J connectivity index is 0.913. The monoisotopic (exact) mass is 736 g/mol. The molecule has 0 aliphatic heterocycles. The molecule has 11 aromatic carbocycles. The highest BCUT2D eigenvalue weighted by molar-refractivity contribution is 6.26. The molecule has 0 atom stereocenters. The fourth-order valence-electron chi connectivity index (χ4n) is 9.65. The molecule has 0 saturated carbocycles. The van der Waals surface area contributed by atoms with Crippen LogP contribution >= 0.6 is 0 Å². The first-order valence-corrected chi connectivity index (χ1v) is 19.9. The van der Waals surface area contributed by atoms with Gasteiger partial charge in [0.15, 0.2) is 0 Å². The third kappa shape index (κ3) is 4.60. The second-order valence-electron chi connectivity index (χ2n) is 15.6. The zero-order valence-corrected chi connectivity index (χ0v) is 31.3. The molecule has 13 aromatic rings. The lowest BCUT2D eigenvalue weighted by Crippen LogP contribution is -1.85. The Bertz CT molecular complexity index is 3820. The molecule has 0 radical (unpaired) electrons. The Morgan fingerprint density at radius 2 is 0.621 bits per heavy atom. The van der Waals surface area contributed by atoms with E-state index in [0.29, 0.717) is 0 Å². The summed E-state index contributed by atoms with van der Waals surface area (Å²) in [6, 6.07) is 70.4. The summed E-state index contributed by atoms with van der Waals surface area (Å²) in [7, 11) is 0. The number of fused-ring (bicyclic) bond motifs is 15. The number of rotatable bonds is 3. The Hall–Kier alpha value is -7.68. The van der Waals surface area contributed by atoms with E-state index >= 15 is 0 Å². The molecule has 2 nitrogen and oxygen atoms in total. The highest BCUT2D eigenvalue weighted by atomic mass is 16.3. The van der Waals surface area contributed by atoms with Gasteiger partial charge in [-0.05, 0) is 142 Å². The lowest BCUT2D eigenvalue weighted by atomic mass is 9.91. The van der Waals surface area contributed by atoms with Gasteiger partial charge in [-0.2, -0.15) is 0 Å². The minimum absolute atomic E-state index is 0.855. The highest BCUT2D eigenvalue weighted by Gasteiger charge is 2.17. The number of furan rings is 2. The molecule has 2 aromatic heterocycles. The minimum Gasteiger partial charge on any atom is -0.456 e. The molecule has 0 unspecified atom stereocenters. The van der Waals surface area contributed by atoms with E-state index in [1.807, 2.05) is 0 Å². The molecular weight excluding hydrogens is 705 g/mol. The molecule has 268 valence electrons. The van der Waals surface area contributed by atoms with E-state index in [9.17, 15) is 0 Å². The van der Waals surface area contributed by atoms with Crippen molar-refractivity contribution in [2.75, 3.05) is 0 Å². The van der Waals surface area contributed by atoms with Crippen molar-refractivity contribution in [2.45, 2.75) is 0 Å². The predicted octanol–water partition coefficient (Wildman–Crippen LogP) is 16.3. The SMILES string of the molecule is c1cc(-c2ccc3oc4cc5c(cc4c3c2)oc2ccc(-c3cc4ccccc4c4ccccc34)cc25)cc(-c2ccc3c4ccccc4c4ccccc4c3c2)c1.